The van der Waals surface area contributed by atoms with E-state index in [0.29, 0.717) is 6.04 Å². The molecular formula is C17H27NO. The van der Waals surface area contributed by atoms with Gasteiger partial charge in [0.05, 0.1) is 6.61 Å². The molecule has 0 saturated heterocycles. The van der Waals surface area contributed by atoms with Gasteiger partial charge in [0.2, 0.25) is 0 Å². The SMILES string of the molecule is CCNC1CCCC1CCOc1ccc(C)cc1C. The highest BCUT2D eigenvalue weighted by molar-refractivity contribution is 5.35. The number of rotatable bonds is 6. The zero-order chi connectivity index (χ0) is 13.7. The van der Waals surface area contributed by atoms with Crippen LogP contribution in [0.5, 0.6) is 5.75 Å². The number of hydrogen-bond donors (Lipinski definition) is 1. The van der Waals surface area contributed by atoms with Crippen molar-refractivity contribution in [2.24, 2.45) is 5.92 Å². The highest BCUT2D eigenvalue weighted by Crippen LogP contribution is 2.29. The van der Waals surface area contributed by atoms with Gasteiger partial charge in [-0.25, -0.2) is 0 Å². The first-order valence-electron chi connectivity index (χ1n) is 7.64. The van der Waals surface area contributed by atoms with Gasteiger partial charge in [-0.2, -0.15) is 0 Å². The van der Waals surface area contributed by atoms with Crippen molar-refractivity contribution in [3.05, 3.63) is 29.3 Å². The minimum Gasteiger partial charge on any atom is -0.493 e. The molecule has 1 aliphatic rings. The van der Waals surface area contributed by atoms with Gasteiger partial charge in [-0.05, 0) is 57.2 Å². The van der Waals surface area contributed by atoms with Crippen LogP contribution in [0.25, 0.3) is 0 Å². The van der Waals surface area contributed by atoms with Gasteiger partial charge >= 0.3 is 0 Å². The van der Waals surface area contributed by atoms with Crippen molar-refractivity contribution in [2.75, 3.05) is 13.2 Å². The summed E-state index contributed by atoms with van der Waals surface area (Å²) in [5, 5.41) is 3.61. The fraction of sp³-hybridized carbons (Fsp3) is 0.647. The summed E-state index contributed by atoms with van der Waals surface area (Å²) >= 11 is 0. The number of hydrogen-bond acceptors (Lipinski definition) is 2. The summed E-state index contributed by atoms with van der Waals surface area (Å²) in [7, 11) is 0. The Kier molecular flexibility index (Phi) is 5.26. The monoisotopic (exact) mass is 261 g/mol. The van der Waals surface area contributed by atoms with E-state index in [1.165, 1.54) is 36.8 Å². The summed E-state index contributed by atoms with van der Waals surface area (Å²) < 4.78 is 5.95. The van der Waals surface area contributed by atoms with Gasteiger partial charge in [-0.15, -0.1) is 0 Å². The summed E-state index contributed by atoms with van der Waals surface area (Å²) in [6.07, 6.45) is 5.23. The third kappa shape index (κ3) is 3.97. The lowest BCUT2D eigenvalue weighted by atomic mass is 10.00. The van der Waals surface area contributed by atoms with E-state index >= 15 is 0 Å². The maximum Gasteiger partial charge on any atom is 0.122 e. The first-order chi connectivity index (χ1) is 9.20. The van der Waals surface area contributed by atoms with Crippen LogP contribution in [0.3, 0.4) is 0 Å². The van der Waals surface area contributed by atoms with Gasteiger partial charge < -0.3 is 10.1 Å². The minimum atomic E-state index is 0.715. The highest BCUT2D eigenvalue weighted by Gasteiger charge is 2.25. The summed E-state index contributed by atoms with van der Waals surface area (Å²) in [6.45, 7) is 8.37. The molecule has 1 N–H and O–H groups in total. The quantitative estimate of drug-likeness (QED) is 0.840. The zero-order valence-electron chi connectivity index (χ0n) is 12.5. The molecule has 0 spiro atoms. The molecule has 1 aromatic carbocycles. The second kappa shape index (κ2) is 6.95. The molecule has 2 atom stereocenters. The Bertz CT molecular complexity index is 402. The minimum absolute atomic E-state index is 0.715. The fourth-order valence-corrected chi connectivity index (χ4v) is 3.19. The van der Waals surface area contributed by atoms with Crippen molar-refractivity contribution in [3.63, 3.8) is 0 Å². The predicted octanol–water partition coefficient (Wildman–Crippen LogP) is 3.85. The van der Waals surface area contributed by atoms with Crippen LogP contribution in [0.15, 0.2) is 18.2 Å². The second-order valence-electron chi connectivity index (χ2n) is 5.76. The molecule has 1 aromatic rings. The molecule has 2 rings (SSSR count). The Hall–Kier alpha value is -1.02. The van der Waals surface area contributed by atoms with Crippen molar-refractivity contribution in [1.29, 1.82) is 0 Å². The van der Waals surface area contributed by atoms with Crippen molar-refractivity contribution in [1.82, 2.24) is 5.32 Å². The van der Waals surface area contributed by atoms with Crippen molar-refractivity contribution in [3.8, 4) is 5.75 Å². The van der Waals surface area contributed by atoms with Gasteiger partial charge in [0, 0.05) is 6.04 Å². The van der Waals surface area contributed by atoms with Crippen molar-refractivity contribution >= 4 is 0 Å². The third-order valence-electron chi connectivity index (χ3n) is 4.20. The van der Waals surface area contributed by atoms with Crippen LogP contribution in [0.2, 0.25) is 0 Å². The molecule has 2 unspecified atom stereocenters. The number of benzene rings is 1. The standard InChI is InChI=1S/C17H27NO/c1-4-18-16-7-5-6-15(16)10-11-19-17-9-8-13(2)12-14(17)3/h8-9,12,15-16,18H,4-7,10-11H2,1-3H3. The van der Waals surface area contributed by atoms with E-state index in [-0.39, 0.29) is 0 Å². The smallest absolute Gasteiger partial charge is 0.122 e. The van der Waals surface area contributed by atoms with E-state index in [1.54, 1.807) is 0 Å². The molecule has 1 fully saturated rings. The first-order valence-corrected chi connectivity index (χ1v) is 7.64. The number of aryl methyl sites for hydroxylation is 2. The fourth-order valence-electron chi connectivity index (χ4n) is 3.19. The molecule has 0 aromatic heterocycles. The average Bonchev–Trinajstić information content (AvgIpc) is 2.80. The molecule has 2 nitrogen and oxygen atoms in total. The summed E-state index contributed by atoms with van der Waals surface area (Å²) in [6, 6.07) is 7.12. The largest absolute Gasteiger partial charge is 0.493 e. The van der Waals surface area contributed by atoms with Crippen molar-refractivity contribution in [2.45, 2.75) is 52.5 Å². The topological polar surface area (TPSA) is 21.3 Å². The van der Waals surface area contributed by atoms with Crippen LogP contribution in [0.1, 0.15) is 43.7 Å². The van der Waals surface area contributed by atoms with Crippen LogP contribution in [0, 0.1) is 19.8 Å². The average molecular weight is 261 g/mol. The molecule has 0 aliphatic heterocycles. The zero-order valence-corrected chi connectivity index (χ0v) is 12.5. The lowest BCUT2D eigenvalue weighted by Gasteiger charge is -2.20. The van der Waals surface area contributed by atoms with Gasteiger partial charge in [-0.1, -0.05) is 31.0 Å². The Morgan fingerprint density at radius 1 is 1.26 bits per heavy atom. The normalized spacial score (nSPS) is 22.7. The van der Waals surface area contributed by atoms with E-state index in [2.05, 4.69) is 44.3 Å². The van der Waals surface area contributed by atoms with Gasteiger partial charge in [0.25, 0.3) is 0 Å². The van der Waals surface area contributed by atoms with Crippen LogP contribution in [-0.2, 0) is 0 Å². The van der Waals surface area contributed by atoms with E-state index in [1.807, 2.05) is 0 Å². The Morgan fingerprint density at radius 2 is 2.11 bits per heavy atom. The molecule has 2 heteroatoms. The number of nitrogens with one attached hydrogen (secondary N) is 1. The molecule has 0 heterocycles. The van der Waals surface area contributed by atoms with Crippen LogP contribution < -0.4 is 10.1 Å². The molecule has 19 heavy (non-hydrogen) atoms. The number of ether oxygens (including phenoxy) is 1. The maximum absolute atomic E-state index is 5.95. The molecule has 106 valence electrons. The lowest BCUT2D eigenvalue weighted by Crippen LogP contribution is -2.32. The summed E-state index contributed by atoms with van der Waals surface area (Å²) in [5.41, 5.74) is 2.54. The van der Waals surface area contributed by atoms with Gasteiger partial charge in [0.15, 0.2) is 0 Å². The van der Waals surface area contributed by atoms with Crippen molar-refractivity contribution < 1.29 is 4.74 Å². The lowest BCUT2D eigenvalue weighted by molar-refractivity contribution is 0.260. The van der Waals surface area contributed by atoms with Gasteiger partial charge in [-0.3, -0.25) is 0 Å². The molecular weight excluding hydrogens is 234 g/mol. The molecule has 0 radical (unpaired) electrons. The van der Waals surface area contributed by atoms with E-state index in [0.717, 1.165) is 24.8 Å². The second-order valence-corrected chi connectivity index (χ2v) is 5.76. The maximum atomic E-state index is 5.95. The molecule has 1 aliphatic carbocycles. The molecule has 0 bridgehead atoms. The Morgan fingerprint density at radius 3 is 2.84 bits per heavy atom. The molecule has 1 saturated carbocycles. The van der Waals surface area contributed by atoms with E-state index < -0.39 is 0 Å². The van der Waals surface area contributed by atoms with Crippen LogP contribution >= 0.6 is 0 Å². The first kappa shape index (κ1) is 14.4. The summed E-state index contributed by atoms with van der Waals surface area (Å²) in [5.74, 6) is 1.84. The predicted molar refractivity (Wildman–Crippen MR) is 80.8 cm³/mol. The summed E-state index contributed by atoms with van der Waals surface area (Å²) in [4.78, 5) is 0. The third-order valence-corrected chi connectivity index (χ3v) is 4.20. The van der Waals surface area contributed by atoms with Crippen LogP contribution in [0.4, 0.5) is 0 Å². The van der Waals surface area contributed by atoms with Gasteiger partial charge in [0.1, 0.15) is 5.75 Å². The molecule has 0 amide bonds. The highest BCUT2D eigenvalue weighted by atomic mass is 16.5. The van der Waals surface area contributed by atoms with E-state index in [9.17, 15) is 0 Å². The Balaban J connectivity index is 1.79. The van der Waals surface area contributed by atoms with Crippen LogP contribution in [-0.4, -0.2) is 19.2 Å². The Labute approximate surface area is 117 Å². The van der Waals surface area contributed by atoms with E-state index in [4.69, 9.17) is 4.74 Å².